The van der Waals surface area contributed by atoms with Crippen LogP contribution in [-0.2, 0) is 7.05 Å². The van der Waals surface area contributed by atoms with Gasteiger partial charge in [-0.25, -0.2) is 0 Å². The van der Waals surface area contributed by atoms with Gasteiger partial charge in [0.2, 0.25) is 5.88 Å². The fourth-order valence-electron chi connectivity index (χ4n) is 2.83. The van der Waals surface area contributed by atoms with Gasteiger partial charge in [0, 0.05) is 45.0 Å². The van der Waals surface area contributed by atoms with E-state index in [4.69, 9.17) is 4.74 Å². The molecule has 24 heavy (non-hydrogen) atoms. The molecule has 0 spiro atoms. The lowest BCUT2D eigenvalue weighted by Crippen LogP contribution is -2.49. The summed E-state index contributed by atoms with van der Waals surface area (Å²) in [6.07, 6.45) is 1.65. The third-order valence-electron chi connectivity index (χ3n) is 4.36. The number of aromatic nitrogens is 3. The number of aryl methyl sites for hydroxylation is 1. The number of nitrogens with zero attached hydrogens (tertiary/aromatic N) is 5. The topological polar surface area (TPSA) is 63.5 Å². The van der Waals surface area contributed by atoms with Crippen LogP contribution in [0.25, 0.3) is 0 Å². The van der Waals surface area contributed by atoms with E-state index in [1.165, 1.54) is 0 Å². The van der Waals surface area contributed by atoms with E-state index in [9.17, 15) is 4.79 Å². The maximum absolute atomic E-state index is 12.6. The molecule has 2 aromatic rings. The lowest BCUT2D eigenvalue weighted by Gasteiger charge is -2.35. The molecule has 2 aromatic heterocycles. The minimum atomic E-state index is 0.0521. The Morgan fingerprint density at radius 1 is 1.25 bits per heavy atom. The molecule has 7 heteroatoms. The quantitative estimate of drug-likeness (QED) is 0.850. The van der Waals surface area contributed by atoms with E-state index in [-0.39, 0.29) is 5.91 Å². The summed E-state index contributed by atoms with van der Waals surface area (Å²) < 4.78 is 7.19. The van der Waals surface area contributed by atoms with E-state index in [1.807, 2.05) is 44.0 Å². The van der Waals surface area contributed by atoms with Crippen LogP contribution >= 0.6 is 0 Å². The molecule has 128 valence electrons. The smallest absolute Gasteiger partial charge is 0.257 e. The fourth-order valence-corrected chi connectivity index (χ4v) is 2.83. The Kier molecular flexibility index (Phi) is 4.69. The molecule has 1 aliphatic heterocycles. The Morgan fingerprint density at radius 3 is 2.62 bits per heavy atom. The first-order valence-electron chi connectivity index (χ1n) is 8.23. The van der Waals surface area contributed by atoms with Gasteiger partial charge in [-0.05, 0) is 19.9 Å². The third kappa shape index (κ3) is 3.20. The van der Waals surface area contributed by atoms with E-state index in [0.717, 1.165) is 24.6 Å². The molecule has 0 unspecified atom stereocenters. The molecule has 3 heterocycles. The number of piperazine rings is 1. The average molecular weight is 329 g/mol. The van der Waals surface area contributed by atoms with Crippen molar-refractivity contribution in [2.45, 2.75) is 13.8 Å². The SMILES string of the molecule is CCOc1cccc(N2CCN(C(=O)c3cnn(C)c3C)CC2)n1. The largest absolute Gasteiger partial charge is 0.478 e. The Hall–Kier alpha value is -2.57. The standard InChI is InChI=1S/C17H23N5O2/c1-4-24-16-7-5-6-15(19-16)21-8-10-22(11-9-21)17(23)14-12-18-20(3)13(14)2/h5-7,12H,4,8-11H2,1-3H3. The summed E-state index contributed by atoms with van der Waals surface area (Å²) in [7, 11) is 1.85. The predicted octanol–water partition coefficient (Wildman–Crippen LogP) is 1.48. The second-order valence-corrected chi connectivity index (χ2v) is 5.81. The molecule has 0 bridgehead atoms. The van der Waals surface area contributed by atoms with Crippen molar-refractivity contribution in [1.29, 1.82) is 0 Å². The van der Waals surface area contributed by atoms with Gasteiger partial charge in [-0.15, -0.1) is 0 Å². The van der Waals surface area contributed by atoms with Gasteiger partial charge in [-0.1, -0.05) is 6.07 Å². The Bertz CT molecular complexity index is 720. The number of rotatable bonds is 4. The van der Waals surface area contributed by atoms with Crippen LogP contribution in [0.15, 0.2) is 24.4 Å². The molecule has 0 saturated carbocycles. The first-order chi connectivity index (χ1) is 11.6. The van der Waals surface area contributed by atoms with E-state index in [2.05, 4.69) is 15.0 Å². The van der Waals surface area contributed by atoms with E-state index in [1.54, 1.807) is 10.9 Å². The van der Waals surface area contributed by atoms with Crippen molar-refractivity contribution >= 4 is 11.7 Å². The zero-order valence-corrected chi connectivity index (χ0v) is 14.4. The Labute approximate surface area is 141 Å². The third-order valence-corrected chi connectivity index (χ3v) is 4.36. The molecule has 1 saturated heterocycles. The molecule has 0 N–H and O–H groups in total. The van der Waals surface area contributed by atoms with Gasteiger partial charge in [0.05, 0.1) is 18.4 Å². The number of hydrogen-bond acceptors (Lipinski definition) is 5. The van der Waals surface area contributed by atoms with Gasteiger partial charge in [0.25, 0.3) is 5.91 Å². The van der Waals surface area contributed by atoms with Crippen LogP contribution in [0.3, 0.4) is 0 Å². The molecule has 1 amide bonds. The number of anilines is 1. The van der Waals surface area contributed by atoms with Gasteiger partial charge in [0.1, 0.15) is 5.82 Å². The van der Waals surface area contributed by atoms with Crippen LogP contribution in [0.1, 0.15) is 23.0 Å². The summed E-state index contributed by atoms with van der Waals surface area (Å²) in [5, 5.41) is 4.16. The summed E-state index contributed by atoms with van der Waals surface area (Å²) in [5.41, 5.74) is 1.58. The summed E-state index contributed by atoms with van der Waals surface area (Å²) >= 11 is 0. The number of amides is 1. The number of hydrogen-bond donors (Lipinski definition) is 0. The highest BCUT2D eigenvalue weighted by Gasteiger charge is 2.25. The molecule has 1 aliphatic rings. The highest BCUT2D eigenvalue weighted by Crippen LogP contribution is 2.19. The first kappa shape index (κ1) is 16.3. The van der Waals surface area contributed by atoms with Crippen LogP contribution in [0.2, 0.25) is 0 Å². The van der Waals surface area contributed by atoms with Crippen molar-refractivity contribution in [2.24, 2.45) is 7.05 Å². The Morgan fingerprint density at radius 2 is 2.00 bits per heavy atom. The van der Waals surface area contributed by atoms with Crippen molar-refractivity contribution in [3.63, 3.8) is 0 Å². The molecule has 3 rings (SSSR count). The van der Waals surface area contributed by atoms with Gasteiger partial charge in [0.15, 0.2) is 0 Å². The predicted molar refractivity (Wildman–Crippen MR) is 91.5 cm³/mol. The molecule has 0 atom stereocenters. The number of carbonyl (C=O) groups excluding carboxylic acids is 1. The molecule has 0 aliphatic carbocycles. The monoisotopic (exact) mass is 329 g/mol. The zero-order valence-electron chi connectivity index (χ0n) is 14.4. The molecule has 1 fully saturated rings. The first-order valence-corrected chi connectivity index (χ1v) is 8.23. The highest BCUT2D eigenvalue weighted by molar-refractivity contribution is 5.95. The van der Waals surface area contributed by atoms with E-state index < -0.39 is 0 Å². The van der Waals surface area contributed by atoms with E-state index >= 15 is 0 Å². The van der Waals surface area contributed by atoms with Gasteiger partial charge >= 0.3 is 0 Å². The summed E-state index contributed by atoms with van der Waals surface area (Å²) in [6.45, 7) is 7.32. The second kappa shape index (κ2) is 6.90. The van der Waals surface area contributed by atoms with Gasteiger partial charge in [-0.2, -0.15) is 10.1 Å². The van der Waals surface area contributed by atoms with Gasteiger partial charge in [-0.3, -0.25) is 9.48 Å². The zero-order chi connectivity index (χ0) is 17.1. The Balaban J connectivity index is 1.64. The second-order valence-electron chi connectivity index (χ2n) is 5.81. The molecule has 0 aromatic carbocycles. The maximum atomic E-state index is 12.6. The van der Waals surface area contributed by atoms with Crippen LogP contribution in [0, 0.1) is 6.92 Å². The van der Waals surface area contributed by atoms with Crippen molar-refractivity contribution in [3.05, 3.63) is 35.7 Å². The number of ether oxygens (including phenoxy) is 1. The van der Waals surface area contributed by atoms with Crippen molar-refractivity contribution in [3.8, 4) is 5.88 Å². The summed E-state index contributed by atoms with van der Waals surface area (Å²) in [6, 6.07) is 5.78. The summed E-state index contributed by atoms with van der Waals surface area (Å²) in [4.78, 5) is 21.2. The van der Waals surface area contributed by atoms with Crippen LogP contribution in [0.5, 0.6) is 5.88 Å². The highest BCUT2D eigenvalue weighted by atomic mass is 16.5. The van der Waals surface area contributed by atoms with Crippen LogP contribution < -0.4 is 9.64 Å². The van der Waals surface area contributed by atoms with Crippen LogP contribution in [0.4, 0.5) is 5.82 Å². The average Bonchev–Trinajstić information content (AvgIpc) is 2.94. The molecular weight excluding hydrogens is 306 g/mol. The maximum Gasteiger partial charge on any atom is 0.257 e. The van der Waals surface area contributed by atoms with Gasteiger partial charge < -0.3 is 14.5 Å². The van der Waals surface area contributed by atoms with Crippen LogP contribution in [-0.4, -0.2) is 58.4 Å². The lowest BCUT2D eigenvalue weighted by molar-refractivity contribution is 0.0745. The minimum Gasteiger partial charge on any atom is -0.478 e. The lowest BCUT2D eigenvalue weighted by atomic mass is 10.2. The fraction of sp³-hybridized carbons (Fsp3) is 0.471. The minimum absolute atomic E-state index is 0.0521. The molecule has 0 radical (unpaired) electrons. The van der Waals surface area contributed by atoms with Crippen molar-refractivity contribution in [2.75, 3.05) is 37.7 Å². The van der Waals surface area contributed by atoms with Crippen molar-refractivity contribution in [1.82, 2.24) is 19.7 Å². The number of carbonyl (C=O) groups is 1. The summed E-state index contributed by atoms with van der Waals surface area (Å²) in [5.74, 6) is 1.58. The molecular formula is C17H23N5O2. The number of pyridine rings is 1. The normalized spacial score (nSPS) is 14.8. The van der Waals surface area contributed by atoms with Crippen molar-refractivity contribution < 1.29 is 9.53 Å². The molecule has 7 nitrogen and oxygen atoms in total. The van der Waals surface area contributed by atoms with E-state index in [0.29, 0.717) is 31.1 Å².